The number of benzene rings is 1. The zero-order valence-corrected chi connectivity index (χ0v) is 17.4. The molecule has 0 bridgehead atoms. The summed E-state index contributed by atoms with van der Waals surface area (Å²) in [7, 11) is 0. The van der Waals surface area contributed by atoms with E-state index in [0.29, 0.717) is 24.8 Å². The van der Waals surface area contributed by atoms with Gasteiger partial charge in [0.15, 0.2) is 5.82 Å². The van der Waals surface area contributed by atoms with Crippen molar-refractivity contribution in [2.24, 2.45) is 5.92 Å². The number of rotatable bonds is 7. The molecule has 0 unspecified atom stereocenters. The Labute approximate surface area is 182 Å². The number of urea groups is 1. The number of nitrogens with zero attached hydrogens (tertiary/aromatic N) is 4. The minimum atomic E-state index is -5.08. The molecule has 0 saturated heterocycles. The fraction of sp³-hybridized carbons (Fsp3) is 0.350. The molecule has 0 saturated carbocycles. The number of anilines is 1. The lowest BCUT2D eigenvalue weighted by Crippen LogP contribution is -2.49. The number of aliphatic carboxylic acids is 1. The number of nitriles is 1. The molecule has 0 fully saturated rings. The van der Waals surface area contributed by atoms with E-state index in [1.165, 1.54) is 6.20 Å². The molecular formula is C20H23F3N6O3. The van der Waals surface area contributed by atoms with Crippen LogP contribution in [0.3, 0.4) is 0 Å². The molecule has 0 radical (unpaired) electrons. The fourth-order valence-corrected chi connectivity index (χ4v) is 2.24. The van der Waals surface area contributed by atoms with Crippen molar-refractivity contribution in [1.82, 2.24) is 20.7 Å². The van der Waals surface area contributed by atoms with Crippen LogP contribution in [0.1, 0.15) is 25.2 Å². The van der Waals surface area contributed by atoms with E-state index in [9.17, 15) is 18.0 Å². The van der Waals surface area contributed by atoms with Gasteiger partial charge in [0, 0.05) is 25.4 Å². The number of alkyl halides is 3. The van der Waals surface area contributed by atoms with Gasteiger partial charge in [-0.05, 0) is 17.9 Å². The van der Waals surface area contributed by atoms with Crippen molar-refractivity contribution in [2.75, 3.05) is 18.1 Å². The maximum Gasteiger partial charge on any atom is 0.490 e. The molecular weight excluding hydrogens is 429 g/mol. The third kappa shape index (κ3) is 10.2. The van der Waals surface area contributed by atoms with Crippen LogP contribution in [0.15, 0.2) is 42.6 Å². The number of aromatic nitrogens is 2. The molecule has 12 heteroatoms. The SMILES string of the molecule is CC(C)CN(NC(=O)NCCc1ccccc1)c1ccnc(C#N)n1.O=C(O)C(F)(F)F. The number of hydrazine groups is 1. The van der Waals surface area contributed by atoms with Crippen molar-refractivity contribution < 1.29 is 27.9 Å². The van der Waals surface area contributed by atoms with E-state index in [-0.39, 0.29) is 11.9 Å². The highest BCUT2D eigenvalue weighted by atomic mass is 19.4. The summed E-state index contributed by atoms with van der Waals surface area (Å²) >= 11 is 0. The van der Waals surface area contributed by atoms with Crippen LogP contribution < -0.4 is 15.8 Å². The number of halogens is 3. The van der Waals surface area contributed by atoms with E-state index in [1.807, 2.05) is 50.2 Å². The van der Waals surface area contributed by atoms with Crippen LogP contribution in [0, 0.1) is 17.2 Å². The second kappa shape index (κ2) is 12.7. The Morgan fingerprint density at radius 3 is 2.38 bits per heavy atom. The topological polar surface area (TPSA) is 131 Å². The molecule has 1 aromatic carbocycles. The Hall–Kier alpha value is -3.88. The van der Waals surface area contributed by atoms with Gasteiger partial charge in [-0.1, -0.05) is 44.2 Å². The lowest BCUT2D eigenvalue weighted by Gasteiger charge is -2.26. The highest BCUT2D eigenvalue weighted by Crippen LogP contribution is 2.13. The first-order valence-electron chi connectivity index (χ1n) is 9.42. The van der Waals surface area contributed by atoms with Gasteiger partial charge >= 0.3 is 18.2 Å². The van der Waals surface area contributed by atoms with Gasteiger partial charge in [0.05, 0.1) is 0 Å². The van der Waals surface area contributed by atoms with E-state index < -0.39 is 12.1 Å². The summed E-state index contributed by atoms with van der Waals surface area (Å²) < 4.78 is 31.7. The number of hydrogen-bond acceptors (Lipinski definition) is 6. The zero-order valence-electron chi connectivity index (χ0n) is 17.4. The molecule has 3 N–H and O–H groups in total. The van der Waals surface area contributed by atoms with E-state index in [1.54, 1.807) is 11.1 Å². The summed E-state index contributed by atoms with van der Waals surface area (Å²) in [6, 6.07) is 13.2. The Balaban J connectivity index is 0.000000633. The molecule has 0 aliphatic rings. The van der Waals surface area contributed by atoms with Crippen molar-refractivity contribution in [3.63, 3.8) is 0 Å². The lowest BCUT2D eigenvalue weighted by atomic mass is 10.1. The first-order chi connectivity index (χ1) is 15.0. The average molecular weight is 452 g/mol. The van der Waals surface area contributed by atoms with Crippen molar-refractivity contribution in [3.05, 3.63) is 54.0 Å². The number of carbonyl (C=O) groups is 2. The number of amides is 2. The van der Waals surface area contributed by atoms with Crippen LogP contribution in [0.4, 0.5) is 23.8 Å². The van der Waals surface area contributed by atoms with E-state index in [4.69, 9.17) is 15.2 Å². The van der Waals surface area contributed by atoms with Gasteiger partial charge < -0.3 is 10.4 Å². The van der Waals surface area contributed by atoms with Crippen LogP contribution in [0.25, 0.3) is 0 Å². The van der Waals surface area contributed by atoms with E-state index in [2.05, 4.69) is 20.7 Å². The molecule has 2 amide bonds. The number of carboxylic acids is 1. The predicted molar refractivity (Wildman–Crippen MR) is 109 cm³/mol. The van der Waals surface area contributed by atoms with Gasteiger partial charge in [-0.25, -0.2) is 20.0 Å². The Bertz CT molecular complexity index is 917. The Kier molecular flexibility index (Phi) is 10.4. The van der Waals surface area contributed by atoms with Crippen LogP contribution in [0.2, 0.25) is 0 Å². The minimum absolute atomic E-state index is 0.0672. The third-order valence-electron chi connectivity index (χ3n) is 3.59. The van der Waals surface area contributed by atoms with Crippen molar-refractivity contribution >= 4 is 17.8 Å². The van der Waals surface area contributed by atoms with E-state index in [0.717, 1.165) is 12.0 Å². The van der Waals surface area contributed by atoms with E-state index >= 15 is 0 Å². The molecule has 0 aliphatic carbocycles. The summed E-state index contributed by atoms with van der Waals surface area (Å²) in [5, 5.41) is 20.5. The normalized spacial score (nSPS) is 10.4. The molecule has 0 spiro atoms. The molecule has 1 heterocycles. The summed E-state index contributed by atoms with van der Waals surface area (Å²) in [6.07, 6.45) is -2.83. The second-order valence-electron chi connectivity index (χ2n) is 6.76. The third-order valence-corrected chi connectivity index (χ3v) is 3.59. The highest BCUT2D eigenvalue weighted by molar-refractivity contribution is 5.75. The summed E-state index contributed by atoms with van der Waals surface area (Å²) in [5.41, 5.74) is 3.95. The number of hydrogen-bond donors (Lipinski definition) is 3. The first kappa shape index (κ1) is 26.2. The monoisotopic (exact) mass is 452 g/mol. The Morgan fingerprint density at radius 1 is 1.22 bits per heavy atom. The van der Waals surface area contributed by atoms with Crippen LogP contribution in [0.5, 0.6) is 0 Å². The number of nitrogens with one attached hydrogen (secondary N) is 2. The van der Waals surface area contributed by atoms with Crippen LogP contribution >= 0.6 is 0 Å². The molecule has 32 heavy (non-hydrogen) atoms. The van der Waals surface area contributed by atoms with Crippen molar-refractivity contribution in [1.29, 1.82) is 5.26 Å². The van der Waals surface area contributed by atoms with Gasteiger partial charge in [-0.3, -0.25) is 5.01 Å². The molecule has 172 valence electrons. The molecule has 0 atom stereocenters. The fourth-order valence-electron chi connectivity index (χ4n) is 2.24. The van der Waals surface area contributed by atoms with Crippen LogP contribution in [-0.2, 0) is 11.2 Å². The predicted octanol–water partition coefficient (Wildman–Crippen LogP) is 2.90. The second-order valence-corrected chi connectivity index (χ2v) is 6.76. The molecule has 2 rings (SSSR count). The standard InChI is InChI=1S/C18H22N6O.C2HF3O2/c1-14(2)13-24(17-9-11-20-16(12-19)22-17)23-18(25)21-10-8-15-6-4-3-5-7-15;3-2(4,5)1(6)7/h3-7,9,11,14H,8,10,13H2,1-2H3,(H2,21,23,25);(H,6,7). The van der Waals surface area contributed by atoms with Gasteiger partial charge in [0.1, 0.15) is 6.07 Å². The summed E-state index contributed by atoms with van der Waals surface area (Å²) in [4.78, 5) is 29.1. The zero-order chi connectivity index (χ0) is 24.1. The summed E-state index contributed by atoms with van der Waals surface area (Å²) in [5.74, 6) is -1.91. The first-order valence-corrected chi connectivity index (χ1v) is 9.42. The van der Waals surface area contributed by atoms with Gasteiger partial charge in [-0.15, -0.1) is 0 Å². The maximum atomic E-state index is 12.2. The van der Waals surface area contributed by atoms with Gasteiger partial charge in [-0.2, -0.15) is 23.4 Å². The largest absolute Gasteiger partial charge is 0.490 e. The van der Waals surface area contributed by atoms with Crippen LogP contribution in [-0.4, -0.2) is 46.3 Å². The lowest BCUT2D eigenvalue weighted by molar-refractivity contribution is -0.192. The average Bonchev–Trinajstić information content (AvgIpc) is 2.73. The van der Waals surface area contributed by atoms with Gasteiger partial charge in [0.25, 0.3) is 0 Å². The van der Waals surface area contributed by atoms with Gasteiger partial charge in [0.2, 0.25) is 5.82 Å². The minimum Gasteiger partial charge on any atom is -0.475 e. The summed E-state index contributed by atoms with van der Waals surface area (Å²) in [6.45, 7) is 5.16. The maximum absolute atomic E-state index is 12.2. The Morgan fingerprint density at radius 2 is 1.84 bits per heavy atom. The highest BCUT2D eigenvalue weighted by Gasteiger charge is 2.38. The van der Waals surface area contributed by atoms with Crippen molar-refractivity contribution in [2.45, 2.75) is 26.4 Å². The molecule has 1 aromatic heterocycles. The molecule has 0 aliphatic heterocycles. The number of carboxylic acid groups (broad SMARTS) is 1. The molecule has 2 aromatic rings. The quantitative estimate of drug-likeness (QED) is 0.551. The smallest absolute Gasteiger partial charge is 0.475 e. The number of carbonyl (C=O) groups excluding carboxylic acids is 1. The molecule has 9 nitrogen and oxygen atoms in total. The van der Waals surface area contributed by atoms with Crippen molar-refractivity contribution in [3.8, 4) is 6.07 Å².